The average Bonchev–Trinajstić information content (AvgIpc) is 2.52. The normalized spacial score (nSPS) is 12.1. The molecule has 0 aliphatic carbocycles. The molecule has 0 aromatic heterocycles. The Morgan fingerprint density at radius 1 is 1.10 bits per heavy atom. The lowest BCUT2D eigenvalue weighted by Crippen LogP contribution is -2.03. The van der Waals surface area contributed by atoms with E-state index in [2.05, 4.69) is 4.36 Å². The van der Waals surface area contributed by atoms with Crippen LogP contribution in [0.4, 0.5) is 4.79 Å². The van der Waals surface area contributed by atoms with Gasteiger partial charge in [-0.3, -0.25) is 0 Å². The molecule has 2 rings (SSSR count). The molecule has 1 amide bonds. The molecule has 0 aliphatic heterocycles. The summed E-state index contributed by atoms with van der Waals surface area (Å²) in [6, 6.07) is 17.2. The fourth-order valence-electron chi connectivity index (χ4n) is 1.65. The summed E-state index contributed by atoms with van der Waals surface area (Å²) in [6.07, 6.45) is -0.621. The van der Waals surface area contributed by atoms with Crippen LogP contribution in [0.2, 0.25) is 0 Å². The number of amides is 1. The van der Waals surface area contributed by atoms with Gasteiger partial charge in [0.15, 0.2) is 0 Å². The molecule has 0 fully saturated rings. The summed E-state index contributed by atoms with van der Waals surface area (Å²) >= 11 is 0. The van der Waals surface area contributed by atoms with E-state index >= 15 is 0 Å². The van der Waals surface area contributed by atoms with Gasteiger partial charge in [-0.25, -0.2) is 4.79 Å². The Balaban J connectivity index is 2.02. The van der Waals surface area contributed by atoms with Crippen molar-refractivity contribution in [1.82, 2.24) is 0 Å². The fraction of sp³-hybridized carbons (Fsp3) is 0.188. The van der Waals surface area contributed by atoms with Crippen LogP contribution >= 0.6 is 0 Å². The van der Waals surface area contributed by atoms with Gasteiger partial charge in [-0.05, 0) is 24.6 Å². The summed E-state index contributed by atoms with van der Waals surface area (Å²) in [6.45, 7) is 2.21. The van der Waals surface area contributed by atoms with Gasteiger partial charge in [-0.2, -0.15) is 0 Å². The van der Waals surface area contributed by atoms with Gasteiger partial charge >= 0.3 is 6.09 Å². The molecule has 2 aromatic rings. The van der Waals surface area contributed by atoms with Gasteiger partial charge in [0.25, 0.3) is 0 Å². The van der Waals surface area contributed by atoms with Gasteiger partial charge in [-0.1, -0.05) is 48.0 Å². The molecule has 0 saturated carbocycles. The number of ether oxygens (including phenoxy) is 1. The van der Waals surface area contributed by atoms with Crippen molar-refractivity contribution < 1.29 is 13.7 Å². The molecular weight excluding hydrogens is 286 g/mol. The lowest BCUT2D eigenvalue weighted by Gasteiger charge is -2.06. The quantitative estimate of drug-likeness (QED) is 0.856. The van der Waals surface area contributed by atoms with E-state index in [0.717, 1.165) is 16.0 Å². The second-order valence-corrected chi connectivity index (χ2v) is 5.85. The van der Waals surface area contributed by atoms with Crippen LogP contribution in [-0.4, -0.2) is 13.2 Å². The maximum atomic E-state index is 11.8. The Labute approximate surface area is 127 Å². The standard InChI is InChI=1S/C16H17NO3S/c1-13-8-10-15(11-9-13)21(19-2)17-16(18)20-12-14-6-4-3-5-7-14/h3-11H,12H2,1-2H3. The molecule has 0 heterocycles. The molecule has 0 aliphatic rings. The lowest BCUT2D eigenvalue weighted by molar-refractivity contribution is 0.151. The SMILES string of the molecule is COS(=NC(=O)OCc1ccccc1)c1ccc(C)cc1. The first-order valence-corrected chi connectivity index (χ1v) is 7.57. The Morgan fingerprint density at radius 3 is 2.38 bits per heavy atom. The highest BCUT2D eigenvalue weighted by atomic mass is 32.2. The fourth-order valence-corrected chi connectivity index (χ4v) is 2.58. The Kier molecular flexibility index (Phi) is 5.66. The minimum atomic E-state index is -0.941. The Hall–Kier alpha value is -1.98. The predicted molar refractivity (Wildman–Crippen MR) is 82.9 cm³/mol. The number of benzene rings is 2. The van der Waals surface area contributed by atoms with Crippen molar-refractivity contribution in [3.05, 3.63) is 65.7 Å². The first-order chi connectivity index (χ1) is 10.2. The van der Waals surface area contributed by atoms with Crippen LogP contribution < -0.4 is 0 Å². The highest BCUT2D eigenvalue weighted by Crippen LogP contribution is 2.12. The number of aryl methyl sites for hydroxylation is 1. The van der Waals surface area contributed by atoms with E-state index in [4.69, 9.17) is 8.92 Å². The second kappa shape index (κ2) is 7.71. The first kappa shape index (κ1) is 15.4. The zero-order valence-corrected chi connectivity index (χ0v) is 12.8. The monoisotopic (exact) mass is 303 g/mol. The van der Waals surface area contributed by atoms with Gasteiger partial charge in [-0.15, -0.1) is 4.36 Å². The number of carbonyl (C=O) groups is 1. The number of carbonyl (C=O) groups excluding carboxylic acids is 1. The third-order valence-corrected chi connectivity index (χ3v) is 4.05. The Morgan fingerprint density at radius 2 is 1.76 bits per heavy atom. The highest BCUT2D eigenvalue weighted by Gasteiger charge is 2.06. The topological polar surface area (TPSA) is 47.9 Å². The molecule has 21 heavy (non-hydrogen) atoms. The van der Waals surface area contributed by atoms with Crippen LogP contribution in [0, 0.1) is 6.92 Å². The average molecular weight is 303 g/mol. The van der Waals surface area contributed by atoms with Gasteiger partial charge in [0, 0.05) is 4.90 Å². The lowest BCUT2D eigenvalue weighted by atomic mass is 10.2. The number of rotatable bonds is 4. The molecule has 0 bridgehead atoms. The van der Waals surface area contributed by atoms with Crippen molar-refractivity contribution in [3.63, 3.8) is 0 Å². The molecule has 110 valence electrons. The van der Waals surface area contributed by atoms with Gasteiger partial charge in [0.2, 0.25) is 0 Å². The smallest absolute Gasteiger partial charge is 0.442 e. The van der Waals surface area contributed by atoms with Crippen LogP contribution in [0.15, 0.2) is 63.9 Å². The molecule has 1 atom stereocenters. The predicted octanol–water partition coefficient (Wildman–Crippen LogP) is 4.05. The molecule has 1 unspecified atom stereocenters. The first-order valence-electron chi connectivity index (χ1n) is 6.47. The molecule has 0 radical (unpaired) electrons. The third-order valence-electron chi connectivity index (χ3n) is 2.74. The van der Waals surface area contributed by atoms with Gasteiger partial charge < -0.3 is 8.92 Å². The number of hydrogen-bond acceptors (Lipinski definition) is 3. The van der Waals surface area contributed by atoms with E-state index < -0.39 is 17.1 Å². The maximum absolute atomic E-state index is 11.8. The summed E-state index contributed by atoms with van der Waals surface area (Å²) in [5.41, 5.74) is 2.07. The molecule has 0 N–H and O–H groups in total. The van der Waals surface area contributed by atoms with Crippen LogP contribution in [0.25, 0.3) is 0 Å². The molecular formula is C16H17NO3S. The van der Waals surface area contributed by atoms with E-state index in [1.165, 1.54) is 7.11 Å². The summed E-state index contributed by atoms with van der Waals surface area (Å²) in [5.74, 6) is 0. The number of nitrogens with zero attached hydrogens (tertiary/aromatic N) is 1. The van der Waals surface area contributed by atoms with E-state index in [1.807, 2.05) is 61.5 Å². The maximum Gasteiger partial charge on any atom is 0.442 e. The zero-order chi connectivity index (χ0) is 15.1. The Bertz CT molecular complexity index is 624. The van der Waals surface area contributed by atoms with E-state index in [1.54, 1.807) is 0 Å². The van der Waals surface area contributed by atoms with Gasteiger partial charge in [0.1, 0.15) is 6.61 Å². The van der Waals surface area contributed by atoms with Crippen LogP contribution in [0.5, 0.6) is 0 Å². The van der Waals surface area contributed by atoms with Crippen molar-refractivity contribution in [2.24, 2.45) is 4.36 Å². The van der Waals surface area contributed by atoms with Crippen molar-refractivity contribution in [2.75, 3.05) is 7.11 Å². The van der Waals surface area contributed by atoms with Gasteiger partial charge in [0.05, 0.1) is 18.1 Å². The highest BCUT2D eigenvalue weighted by molar-refractivity contribution is 7.82. The summed E-state index contributed by atoms with van der Waals surface area (Å²) in [5, 5.41) is 0. The molecule has 0 saturated heterocycles. The van der Waals surface area contributed by atoms with Crippen LogP contribution in [0.3, 0.4) is 0 Å². The zero-order valence-electron chi connectivity index (χ0n) is 12.0. The summed E-state index contributed by atoms with van der Waals surface area (Å²) in [7, 11) is 0.584. The molecule has 2 aromatic carbocycles. The minimum Gasteiger partial charge on any atom is -0.443 e. The minimum absolute atomic E-state index is 0.206. The van der Waals surface area contributed by atoms with Crippen molar-refractivity contribution in [3.8, 4) is 0 Å². The third kappa shape index (κ3) is 4.81. The van der Waals surface area contributed by atoms with E-state index in [-0.39, 0.29) is 6.61 Å². The number of hydrogen-bond donors (Lipinski definition) is 0. The largest absolute Gasteiger partial charge is 0.443 e. The molecule has 5 heteroatoms. The summed E-state index contributed by atoms with van der Waals surface area (Å²) < 4.78 is 14.3. The van der Waals surface area contributed by atoms with Crippen molar-refractivity contribution in [2.45, 2.75) is 18.4 Å². The summed E-state index contributed by atoms with van der Waals surface area (Å²) in [4.78, 5) is 12.6. The molecule has 4 nitrogen and oxygen atoms in total. The molecule has 0 spiro atoms. The van der Waals surface area contributed by atoms with E-state index in [9.17, 15) is 4.79 Å². The second-order valence-electron chi connectivity index (χ2n) is 4.36. The van der Waals surface area contributed by atoms with Crippen molar-refractivity contribution >= 4 is 17.1 Å². The van der Waals surface area contributed by atoms with E-state index in [0.29, 0.717) is 0 Å². The van der Waals surface area contributed by atoms with Crippen molar-refractivity contribution in [1.29, 1.82) is 0 Å². The van der Waals surface area contributed by atoms with Crippen LogP contribution in [-0.2, 0) is 26.5 Å². The van der Waals surface area contributed by atoms with Crippen LogP contribution in [0.1, 0.15) is 11.1 Å².